The molecule has 0 amide bonds. The van der Waals surface area contributed by atoms with Gasteiger partial charge >= 0.3 is 0 Å². The van der Waals surface area contributed by atoms with Crippen LogP contribution in [0.4, 0.5) is 0 Å². The van der Waals surface area contributed by atoms with Gasteiger partial charge in [0.2, 0.25) is 0 Å². The molecule has 0 aliphatic heterocycles. The Morgan fingerprint density at radius 2 is 0.973 bits per heavy atom. The summed E-state index contributed by atoms with van der Waals surface area (Å²) in [6.07, 6.45) is 0. The van der Waals surface area contributed by atoms with Crippen molar-refractivity contribution in [1.82, 2.24) is 15.0 Å². The summed E-state index contributed by atoms with van der Waals surface area (Å²) in [5, 5.41) is 23.5. The lowest BCUT2D eigenvalue weighted by Gasteiger charge is -2.16. The van der Waals surface area contributed by atoms with Gasteiger partial charge in [-0.2, -0.15) is 10.5 Å². The Bertz CT molecular complexity index is 1790. The van der Waals surface area contributed by atoms with Crippen molar-refractivity contribution in [2.45, 2.75) is 6.92 Å². The van der Waals surface area contributed by atoms with Crippen molar-refractivity contribution in [2.75, 3.05) is 0 Å². The number of benzene rings is 3. The van der Waals surface area contributed by atoms with Crippen LogP contribution in [0.5, 0.6) is 0 Å². The normalized spacial score (nSPS) is 10.8. The van der Waals surface area contributed by atoms with Crippen molar-refractivity contribution in [1.29, 1.82) is 10.5 Å². The first-order valence-electron chi connectivity index (χ1n) is 11.8. The maximum atomic E-state index is 9.42. The molecule has 0 radical (unpaired) electrons. The van der Waals surface area contributed by atoms with Crippen molar-refractivity contribution < 1.29 is 0 Å². The Balaban J connectivity index is 1.72. The molecule has 172 valence electrons. The van der Waals surface area contributed by atoms with Crippen LogP contribution in [0.2, 0.25) is 0 Å². The van der Waals surface area contributed by atoms with E-state index in [-0.39, 0.29) is 0 Å². The average molecular weight is 474 g/mol. The van der Waals surface area contributed by atoms with E-state index < -0.39 is 0 Å². The van der Waals surface area contributed by atoms with E-state index in [0.29, 0.717) is 34.2 Å². The summed E-state index contributed by atoms with van der Waals surface area (Å²) in [6.45, 7) is 2.16. The van der Waals surface area contributed by atoms with Crippen LogP contribution in [-0.2, 0) is 0 Å². The number of aryl methyl sites for hydroxylation is 1. The fourth-order valence-electron chi connectivity index (χ4n) is 4.87. The van der Waals surface area contributed by atoms with Crippen LogP contribution in [0.1, 0.15) is 17.0 Å². The molecular formula is C32H19N5. The number of aromatic nitrogens is 3. The van der Waals surface area contributed by atoms with Crippen LogP contribution in [0.3, 0.4) is 0 Å². The van der Waals surface area contributed by atoms with Crippen molar-refractivity contribution in [3.05, 3.63) is 114 Å². The minimum atomic E-state index is 0.321. The van der Waals surface area contributed by atoms with E-state index in [2.05, 4.69) is 77.6 Å². The van der Waals surface area contributed by atoms with Gasteiger partial charge in [0, 0.05) is 0 Å². The summed E-state index contributed by atoms with van der Waals surface area (Å²) in [6, 6.07) is 35.7. The van der Waals surface area contributed by atoms with Gasteiger partial charge in [0.05, 0.1) is 22.8 Å². The quantitative estimate of drug-likeness (QED) is 0.253. The summed E-state index contributed by atoms with van der Waals surface area (Å²) in [5.74, 6) is 0. The van der Waals surface area contributed by atoms with Crippen molar-refractivity contribution in [2.24, 2.45) is 0 Å². The van der Waals surface area contributed by atoms with Crippen molar-refractivity contribution in [3.63, 3.8) is 0 Å². The van der Waals surface area contributed by atoms with E-state index in [1.165, 1.54) is 16.3 Å². The van der Waals surface area contributed by atoms with Crippen LogP contribution < -0.4 is 0 Å². The first-order chi connectivity index (χ1) is 18.2. The van der Waals surface area contributed by atoms with Crippen LogP contribution >= 0.6 is 0 Å². The van der Waals surface area contributed by atoms with E-state index in [1.807, 2.05) is 24.3 Å². The molecule has 0 aliphatic rings. The molecule has 0 atom stereocenters. The second-order valence-electron chi connectivity index (χ2n) is 8.76. The molecule has 0 N–H and O–H groups in total. The minimum Gasteiger partial charge on any atom is -0.244 e. The highest BCUT2D eigenvalue weighted by Crippen LogP contribution is 2.40. The molecule has 5 nitrogen and oxygen atoms in total. The predicted molar refractivity (Wildman–Crippen MR) is 145 cm³/mol. The predicted octanol–water partition coefficient (Wildman–Crippen LogP) is 7.23. The van der Waals surface area contributed by atoms with E-state index in [0.717, 1.165) is 21.9 Å². The smallest absolute Gasteiger partial charge is 0.141 e. The van der Waals surface area contributed by atoms with Gasteiger partial charge in [-0.15, -0.1) is 0 Å². The van der Waals surface area contributed by atoms with Crippen LogP contribution in [0, 0.1) is 29.6 Å². The van der Waals surface area contributed by atoms with E-state index in [9.17, 15) is 10.5 Å². The van der Waals surface area contributed by atoms with Gasteiger partial charge in [0.25, 0.3) is 0 Å². The van der Waals surface area contributed by atoms with Crippen LogP contribution in [0.25, 0.3) is 55.4 Å². The maximum absolute atomic E-state index is 9.42. The first kappa shape index (κ1) is 22.1. The third kappa shape index (κ3) is 3.86. The zero-order chi connectivity index (χ0) is 25.4. The number of fused-ring (bicyclic) bond motifs is 2. The van der Waals surface area contributed by atoms with E-state index in [1.54, 1.807) is 24.3 Å². The standard InChI is InChI=1S/C32H19N5/c1-20-24-10-2-4-12-26(24)32(27-13-5-3-11-25(20)27)21-16-30(28-14-6-8-22(18-33)35-28)37-31(17-21)29-15-7-9-23(19-34)36-29/h2-17H,1H3. The number of hydrogen-bond acceptors (Lipinski definition) is 5. The summed E-state index contributed by atoms with van der Waals surface area (Å²) in [5.41, 5.74) is 6.37. The van der Waals surface area contributed by atoms with Crippen LogP contribution in [0.15, 0.2) is 97.1 Å². The lowest BCUT2D eigenvalue weighted by Crippen LogP contribution is -1.97. The second-order valence-corrected chi connectivity index (χ2v) is 8.76. The molecule has 37 heavy (non-hydrogen) atoms. The Morgan fingerprint density at radius 1 is 0.514 bits per heavy atom. The number of pyridine rings is 3. The van der Waals surface area contributed by atoms with E-state index in [4.69, 9.17) is 4.98 Å². The highest BCUT2D eigenvalue weighted by Gasteiger charge is 2.17. The summed E-state index contributed by atoms with van der Waals surface area (Å²) in [4.78, 5) is 13.9. The average Bonchev–Trinajstić information content (AvgIpc) is 2.97. The summed E-state index contributed by atoms with van der Waals surface area (Å²) < 4.78 is 0. The van der Waals surface area contributed by atoms with Gasteiger partial charge in [-0.1, -0.05) is 60.7 Å². The zero-order valence-electron chi connectivity index (χ0n) is 20.0. The Morgan fingerprint density at radius 3 is 1.43 bits per heavy atom. The Hall–Kier alpha value is -5.39. The SMILES string of the molecule is Cc1c2ccccc2c(-c2cc(-c3cccc(C#N)n3)nc(-c3cccc(C#N)n3)c2)c2ccccc12. The third-order valence-corrected chi connectivity index (χ3v) is 6.57. The number of nitriles is 2. The highest BCUT2D eigenvalue weighted by atomic mass is 14.8. The van der Waals surface area contributed by atoms with Crippen molar-refractivity contribution >= 4 is 21.5 Å². The second kappa shape index (κ2) is 9.00. The molecule has 0 saturated heterocycles. The summed E-state index contributed by atoms with van der Waals surface area (Å²) >= 11 is 0. The number of rotatable bonds is 3. The van der Waals surface area contributed by atoms with Gasteiger partial charge in [0.1, 0.15) is 23.5 Å². The van der Waals surface area contributed by atoms with E-state index >= 15 is 0 Å². The highest BCUT2D eigenvalue weighted by molar-refractivity contribution is 6.15. The fraction of sp³-hybridized carbons (Fsp3) is 0.0312. The van der Waals surface area contributed by atoms with Gasteiger partial charge in [-0.3, -0.25) is 0 Å². The first-order valence-corrected chi connectivity index (χ1v) is 11.8. The number of nitrogens with zero attached hydrogens (tertiary/aromatic N) is 5. The molecule has 0 saturated carbocycles. The topological polar surface area (TPSA) is 86.2 Å². The van der Waals surface area contributed by atoms with Crippen LogP contribution in [-0.4, -0.2) is 15.0 Å². The van der Waals surface area contributed by atoms with Gasteiger partial charge < -0.3 is 0 Å². The maximum Gasteiger partial charge on any atom is 0.141 e. The molecule has 0 aliphatic carbocycles. The Labute approximate surface area is 214 Å². The molecule has 6 aromatic rings. The molecule has 3 heterocycles. The fourth-order valence-corrected chi connectivity index (χ4v) is 4.87. The van der Waals surface area contributed by atoms with Gasteiger partial charge in [-0.25, -0.2) is 15.0 Å². The molecule has 0 unspecified atom stereocenters. The summed E-state index contributed by atoms with van der Waals surface area (Å²) in [7, 11) is 0. The van der Waals surface area contributed by atoms with Gasteiger partial charge in [-0.05, 0) is 81.6 Å². The molecule has 5 heteroatoms. The molecule has 3 aromatic carbocycles. The zero-order valence-corrected chi connectivity index (χ0v) is 20.0. The molecule has 0 fully saturated rings. The molecule has 0 bridgehead atoms. The van der Waals surface area contributed by atoms with Crippen molar-refractivity contribution in [3.8, 4) is 46.0 Å². The molecule has 0 spiro atoms. The minimum absolute atomic E-state index is 0.321. The number of hydrogen-bond donors (Lipinski definition) is 0. The third-order valence-electron chi connectivity index (χ3n) is 6.57. The lowest BCUT2D eigenvalue weighted by atomic mass is 9.88. The monoisotopic (exact) mass is 473 g/mol. The molecular weight excluding hydrogens is 454 g/mol. The van der Waals surface area contributed by atoms with Gasteiger partial charge in [0.15, 0.2) is 0 Å². The molecule has 3 aromatic heterocycles. The molecule has 6 rings (SSSR count). The largest absolute Gasteiger partial charge is 0.244 e. The Kier molecular flexibility index (Phi) is 5.37. The lowest BCUT2D eigenvalue weighted by molar-refractivity contribution is 1.19.